The maximum atomic E-state index is 12.0. The Kier molecular flexibility index (Phi) is 5.69. The second-order valence-electron chi connectivity index (χ2n) is 8.24. The zero-order valence-corrected chi connectivity index (χ0v) is 17.8. The average Bonchev–Trinajstić information content (AvgIpc) is 2.97. The van der Waals surface area contributed by atoms with Gasteiger partial charge in [0.05, 0.1) is 18.8 Å². The maximum Gasteiger partial charge on any atom is 0.338 e. The molecule has 0 N–H and O–H groups in total. The molecule has 150 valence electrons. The summed E-state index contributed by atoms with van der Waals surface area (Å²) in [6, 6.07) is 12.4. The van der Waals surface area contributed by atoms with E-state index in [1.54, 1.807) is 0 Å². The van der Waals surface area contributed by atoms with Crippen molar-refractivity contribution in [2.45, 2.75) is 59.4 Å². The van der Waals surface area contributed by atoms with Crippen LogP contribution >= 0.6 is 0 Å². The summed E-state index contributed by atoms with van der Waals surface area (Å²) in [5, 5.41) is 0. The molecule has 0 aliphatic carbocycles. The van der Waals surface area contributed by atoms with Gasteiger partial charge in [0.1, 0.15) is 5.75 Å². The second kappa shape index (κ2) is 7.86. The smallest absolute Gasteiger partial charge is 0.338 e. The summed E-state index contributed by atoms with van der Waals surface area (Å²) >= 11 is 0. The third kappa shape index (κ3) is 3.73. The number of carbonyl (C=O) groups excluding carboxylic acids is 1. The van der Waals surface area contributed by atoms with Gasteiger partial charge in [-0.25, -0.2) is 4.79 Å². The molecule has 2 aromatic rings. The van der Waals surface area contributed by atoms with E-state index in [-0.39, 0.29) is 17.4 Å². The molecule has 1 heterocycles. The van der Waals surface area contributed by atoms with E-state index in [0.29, 0.717) is 18.8 Å². The molecule has 0 radical (unpaired) electrons. The molecule has 1 aliphatic heterocycles. The Morgan fingerprint density at radius 2 is 1.82 bits per heavy atom. The van der Waals surface area contributed by atoms with Crippen LogP contribution in [0.15, 0.2) is 36.4 Å². The highest BCUT2D eigenvalue weighted by Crippen LogP contribution is 2.44. The highest BCUT2D eigenvalue weighted by Gasteiger charge is 2.34. The van der Waals surface area contributed by atoms with Crippen molar-refractivity contribution in [2.75, 3.05) is 18.1 Å². The summed E-state index contributed by atoms with van der Waals surface area (Å²) in [7, 11) is 0. The van der Waals surface area contributed by atoms with E-state index >= 15 is 0 Å². The molecular formula is C24H31NO3. The second-order valence-corrected chi connectivity index (χ2v) is 8.24. The molecule has 0 spiro atoms. The van der Waals surface area contributed by atoms with Crippen LogP contribution in [0.5, 0.6) is 5.75 Å². The van der Waals surface area contributed by atoms with Gasteiger partial charge < -0.3 is 14.4 Å². The Labute approximate surface area is 168 Å². The van der Waals surface area contributed by atoms with Gasteiger partial charge in [-0.1, -0.05) is 20.8 Å². The normalized spacial score (nSPS) is 14.5. The predicted octanol–water partition coefficient (Wildman–Crippen LogP) is 5.64. The number of hydrogen-bond donors (Lipinski definition) is 0. The summed E-state index contributed by atoms with van der Waals surface area (Å²) in [6.45, 7) is 13.9. The lowest BCUT2D eigenvalue weighted by atomic mass is 9.85. The molecule has 0 unspecified atom stereocenters. The molecule has 0 saturated carbocycles. The third-order valence-corrected chi connectivity index (χ3v) is 5.29. The summed E-state index contributed by atoms with van der Waals surface area (Å²) in [6.07, 6.45) is 0.931. The number of rotatable bonds is 6. The van der Waals surface area contributed by atoms with Gasteiger partial charge in [-0.3, -0.25) is 0 Å². The van der Waals surface area contributed by atoms with Crippen molar-refractivity contribution in [3.63, 3.8) is 0 Å². The molecule has 4 heteroatoms. The topological polar surface area (TPSA) is 38.8 Å². The number of aryl methyl sites for hydroxylation is 1. The summed E-state index contributed by atoms with van der Waals surface area (Å²) in [5.74, 6) is 0.771. The molecule has 2 aromatic carbocycles. The van der Waals surface area contributed by atoms with Crippen LogP contribution < -0.4 is 9.64 Å². The van der Waals surface area contributed by atoms with Crippen LogP contribution in [-0.2, 0) is 16.6 Å². The molecule has 0 aromatic heterocycles. The first-order chi connectivity index (χ1) is 13.3. The Bertz CT molecular complexity index is 853. The number of nitrogens with zero attached hydrogens (tertiary/aromatic N) is 1. The van der Waals surface area contributed by atoms with Crippen LogP contribution in [-0.4, -0.2) is 25.2 Å². The Hall–Kier alpha value is -2.49. The Morgan fingerprint density at radius 3 is 2.39 bits per heavy atom. The molecule has 0 fully saturated rings. The van der Waals surface area contributed by atoms with Gasteiger partial charge in [-0.2, -0.15) is 0 Å². The number of carbonyl (C=O) groups is 1. The SMILES string of the molecule is CCOC(=O)c1ccc(N(c2cc(CC)c3c(c2)C(C)(C)CO3)C(C)C)cc1. The molecule has 0 bridgehead atoms. The lowest BCUT2D eigenvalue weighted by Gasteiger charge is -2.31. The van der Waals surface area contributed by atoms with Gasteiger partial charge in [0.25, 0.3) is 0 Å². The summed E-state index contributed by atoms with van der Waals surface area (Å²) in [4.78, 5) is 14.3. The zero-order valence-electron chi connectivity index (χ0n) is 17.8. The molecular weight excluding hydrogens is 350 g/mol. The van der Waals surface area contributed by atoms with E-state index in [1.807, 2.05) is 31.2 Å². The van der Waals surface area contributed by atoms with Crippen LogP contribution in [0.25, 0.3) is 0 Å². The minimum Gasteiger partial charge on any atom is -0.492 e. The fourth-order valence-electron chi connectivity index (χ4n) is 3.80. The number of fused-ring (bicyclic) bond motifs is 1. The number of hydrogen-bond acceptors (Lipinski definition) is 4. The Balaban J connectivity index is 2.03. The van der Waals surface area contributed by atoms with Crippen molar-refractivity contribution in [1.29, 1.82) is 0 Å². The van der Waals surface area contributed by atoms with Gasteiger partial charge >= 0.3 is 5.97 Å². The van der Waals surface area contributed by atoms with Crippen molar-refractivity contribution in [2.24, 2.45) is 0 Å². The fourth-order valence-corrected chi connectivity index (χ4v) is 3.80. The van der Waals surface area contributed by atoms with E-state index in [4.69, 9.17) is 9.47 Å². The number of anilines is 2. The van der Waals surface area contributed by atoms with E-state index < -0.39 is 0 Å². The van der Waals surface area contributed by atoms with Crippen LogP contribution in [0.1, 0.15) is 63.0 Å². The first-order valence-corrected chi connectivity index (χ1v) is 10.1. The van der Waals surface area contributed by atoms with E-state index in [0.717, 1.165) is 23.5 Å². The number of benzene rings is 2. The van der Waals surface area contributed by atoms with Crippen molar-refractivity contribution in [1.82, 2.24) is 0 Å². The van der Waals surface area contributed by atoms with Gasteiger partial charge in [0.15, 0.2) is 0 Å². The number of esters is 1. The largest absolute Gasteiger partial charge is 0.492 e. The van der Waals surface area contributed by atoms with Crippen LogP contribution in [0, 0.1) is 0 Å². The van der Waals surface area contributed by atoms with Crippen molar-refractivity contribution in [3.05, 3.63) is 53.1 Å². The first kappa shape index (κ1) is 20.2. The zero-order chi connectivity index (χ0) is 20.5. The highest BCUT2D eigenvalue weighted by molar-refractivity contribution is 5.90. The van der Waals surface area contributed by atoms with Crippen molar-refractivity contribution in [3.8, 4) is 5.75 Å². The molecule has 28 heavy (non-hydrogen) atoms. The molecule has 3 rings (SSSR count). The fraction of sp³-hybridized carbons (Fsp3) is 0.458. The van der Waals surface area contributed by atoms with Crippen LogP contribution in [0.2, 0.25) is 0 Å². The molecule has 1 aliphatic rings. The quantitative estimate of drug-likeness (QED) is 0.607. The molecule has 0 amide bonds. The van der Waals surface area contributed by atoms with Gasteiger partial charge in [0, 0.05) is 28.4 Å². The molecule has 0 saturated heterocycles. The first-order valence-electron chi connectivity index (χ1n) is 10.1. The monoisotopic (exact) mass is 381 g/mol. The van der Waals surface area contributed by atoms with Crippen molar-refractivity contribution >= 4 is 17.3 Å². The minimum absolute atomic E-state index is 0.00564. The lowest BCUT2D eigenvalue weighted by molar-refractivity contribution is 0.0526. The van der Waals surface area contributed by atoms with E-state index in [9.17, 15) is 4.79 Å². The van der Waals surface area contributed by atoms with Gasteiger partial charge in [0.2, 0.25) is 0 Å². The van der Waals surface area contributed by atoms with E-state index in [1.165, 1.54) is 11.1 Å². The third-order valence-electron chi connectivity index (χ3n) is 5.29. The van der Waals surface area contributed by atoms with E-state index in [2.05, 4.69) is 51.7 Å². The van der Waals surface area contributed by atoms with Gasteiger partial charge in [-0.15, -0.1) is 0 Å². The predicted molar refractivity (Wildman–Crippen MR) is 114 cm³/mol. The van der Waals surface area contributed by atoms with Crippen LogP contribution in [0.4, 0.5) is 11.4 Å². The summed E-state index contributed by atoms with van der Waals surface area (Å²) in [5.41, 5.74) is 5.32. The lowest BCUT2D eigenvalue weighted by Crippen LogP contribution is -2.26. The maximum absolute atomic E-state index is 12.0. The standard InChI is InChI=1S/C24H31NO3/c1-7-17-13-20(14-21-22(17)28-15-24(21,5)6)25(16(3)4)19-11-9-18(10-12-19)23(26)27-8-2/h9-14,16H,7-8,15H2,1-6H3. The summed E-state index contributed by atoms with van der Waals surface area (Å²) < 4.78 is 11.1. The highest BCUT2D eigenvalue weighted by atomic mass is 16.5. The molecule has 0 atom stereocenters. The minimum atomic E-state index is -0.283. The van der Waals surface area contributed by atoms with Crippen LogP contribution in [0.3, 0.4) is 0 Å². The Morgan fingerprint density at radius 1 is 1.14 bits per heavy atom. The number of ether oxygens (including phenoxy) is 2. The van der Waals surface area contributed by atoms with Crippen molar-refractivity contribution < 1.29 is 14.3 Å². The van der Waals surface area contributed by atoms with Gasteiger partial charge in [-0.05, 0) is 69.2 Å². The average molecular weight is 382 g/mol. The molecule has 4 nitrogen and oxygen atoms in total.